The maximum Gasteiger partial charge on any atom is 0.252 e. The largest absolute Gasteiger partial charge is 0.318 e. The van der Waals surface area contributed by atoms with Crippen LogP contribution >= 0.6 is 50.2 Å². The second-order valence-corrected chi connectivity index (χ2v) is 12.5. The standard InChI is InChI=1S/C18H17BrClN3O3S3/c1-22-16-12(19)5-2-6-13(16)27-18(22)21-17(24)11-4-3-9-23(10-11)29(25,26)15-8-7-14(20)28-15/h2,5-8,11H,3-4,9-10H2,1H3. The number of rotatable bonds is 3. The molecule has 154 valence electrons. The summed E-state index contributed by atoms with van der Waals surface area (Å²) in [6.45, 7) is 0.531. The smallest absolute Gasteiger partial charge is 0.252 e. The summed E-state index contributed by atoms with van der Waals surface area (Å²) in [5, 5.41) is 0. The molecule has 0 aliphatic carbocycles. The minimum absolute atomic E-state index is 0.137. The molecule has 1 aliphatic heterocycles. The highest BCUT2D eigenvalue weighted by molar-refractivity contribution is 9.10. The molecular formula is C18H17BrClN3O3S3. The average Bonchev–Trinajstić information content (AvgIpc) is 3.27. The molecule has 0 radical (unpaired) electrons. The molecule has 2 aromatic heterocycles. The summed E-state index contributed by atoms with van der Waals surface area (Å²) in [5.41, 5.74) is 0.978. The highest BCUT2D eigenvalue weighted by atomic mass is 79.9. The number of thiazole rings is 1. The minimum Gasteiger partial charge on any atom is -0.318 e. The Hall–Kier alpha value is -1.04. The normalized spacial score (nSPS) is 19.1. The van der Waals surface area contributed by atoms with Crippen molar-refractivity contribution in [2.45, 2.75) is 17.1 Å². The molecule has 1 saturated heterocycles. The predicted octanol–water partition coefficient (Wildman–Crippen LogP) is 4.25. The molecule has 0 saturated carbocycles. The summed E-state index contributed by atoms with van der Waals surface area (Å²) in [6.07, 6.45) is 1.24. The predicted molar refractivity (Wildman–Crippen MR) is 120 cm³/mol. The van der Waals surface area contributed by atoms with Gasteiger partial charge in [0.2, 0.25) is 0 Å². The molecular weight excluding hydrogens is 518 g/mol. The maximum atomic E-state index is 12.9. The highest BCUT2D eigenvalue weighted by Crippen LogP contribution is 2.31. The third kappa shape index (κ3) is 4.11. The fraction of sp³-hybridized carbons (Fsp3) is 0.333. The van der Waals surface area contributed by atoms with E-state index >= 15 is 0 Å². The number of halogens is 2. The quantitative estimate of drug-likeness (QED) is 0.504. The van der Waals surface area contributed by atoms with Gasteiger partial charge in [0.25, 0.3) is 15.9 Å². The second-order valence-electron chi connectivity index (χ2n) is 6.74. The Labute approximate surface area is 189 Å². The third-order valence-corrected chi connectivity index (χ3v) is 10.2. The number of aryl methyl sites for hydroxylation is 1. The molecule has 1 aliphatic rings. The van der Waals surface area contributed by atoms with E-state index in [9.17, 15) is 13.2 Å². The van der Waals surface area contributed by atoms with Gasteiger partial charge in [-0.2, -0.15) is 9.30 Å². The molecule has 3 heterocycles. The Morgan fingerprint density at radius 2 is 2.07 bits per heavy atom. The average molecular weight is 535 g/mol. The van der Waals surface area contributed by atoms with E-state index in [2.05, 4.69) is 20.9 Å². The molecule has 3 aromatic rings. The fourth-order valence-corrected chi connectivity index (χ4v) is 8.35. The van der Waals surface area contributed by atoms with Gasteiger partial charge in [0.15, 0.2) is 4.80 Å². The van der Waals surface area contributed by atoms with Crippen LogP contribution in [0.15, 0.2) is 44.0 Å². The molecule has 1 unspecified atom stereocenters. The Balaban J connectivity index is 1.61. The number of amides is 1. The van der Waals surface area contributed by atoms with Crippen molar-refractivity contribution >= 4 is 76.4 Å². The van der Waals surface area contributed by atoms with E-state index in [1.807, 2.05) is 29.8 Å². The van der Waals surface area contributed by atoms with Gasteiger partial charge in [0.1, 0.15) is 4.21 Å². The van der Waals surface area contributed by atoms with Gasteiger partial charge in [0, 0.05) is 24.6 Å². The fourth-order valence-electron chi connectivity index (χ4n) is 3.38. The molecule has 4 rings (SSSR count). The Kier molecular flexibility index (Phi) is 6.02. The third-order valence-electron chi connectivity index (χ3n) is 4.86. The number of nitrogens with zero attached hydrogens (tertiary/aromatic N) is 3. The van der Waals surface area contributed by atoms with E-state index in [0.29, 0.717) is 28.5 Å². The number of fused-ring (bicyclic) bond motifs is 1. The van der Waals surface area contributed by atoms with Crippen LogP contribution in [0, 0.1) is 5.92 Å². The van der Waals surface area contributed by atoms with Gasteiger partial charge in [-0.15, -0.1) is 11.3 Å². The molecule has 1 atom stereocenters. The lowest BCUT2D eigenvalue weighted by Gasteiger charge is -2.29. The zero-order chi connectivity index (χ0) is 20.8. The number of para-hydroxylation sites is 1. The highest BCUT2D eigenvalue weighted by Gasteiger charge is 2.34. The van der Waals surface area contributed by atoms with Crippen molar-refractivity contribution in [1.82, 2.24) is 8.87 Å². The van der Waals surface area contributed by atoms with Crippen molar-refractivity contribution in [2.75, 3.05) is 13.1 Å². The van der Waals surface area contributed by atoms with Crippen LogP contribution in [-0.4, -0.2) is 36.3 Å². The molecule has 1 fully saturated rings. The molecule has 6 nitrogen and oxygen atoms in total. The lowest BCUT2D eigenvalue weighted by atomic mass is 9.99. The van der Waals surface area contributed by atoms with Crippen LogP contribution in [0.1, 0.15) is 12.8 Å². The van der Waals surface area contributed by atoms with Crippen LogP contribution in [0.3, 0.4) is 0 Å². The van der Waals surface area contributed by atoms with Gasteiger partial charge < -0.3 is 4.57 Å². The number of hydrogen-bond donors (Lipinski definition) is 0. The number of aromatic nitrogens is 1. The van der Waals surface area contributed by atoms with Gasteiger partial charge in [-0.3, -0.25) is 4.79 Å². The number of benzene rings is 1. The Morgan fingerprint density at radius 1 is 1.28 bits per heavy atom. The molecule has 1 aromatic carbocycles. The monoisotopic (exact) mass is 533 g/mol. The molecule has 1 amide bonds. The first-order chi connectivity index (χ1) is 13.8. The Bertz CT molecular complexity index is 1260. The van der Waals surface area contributed by atoms with E-state index in [1.165, 1.54) is 21.7 Å². The summed E-state index contributed by atoms with van der Waals surface area (Å²) < 4.78 is 31.6. The lowest BCUT2D eigenvalue weighted by Crippen LogP contribution is -2.42. The first kappa shape index (κ1) is 21.2. The first-order valence-corrected chi connectivity index (χ1v) is 13.1. The van der Waals surface area contributed by atoms with Crippen LogP contribution < -0.4 is 4.80 Å². The number of carbonyl (C=O) groups excluding carboxylic acids is 1. The molecule has 0 N–H and O–H groups in total. The minimum atomic E-state index is -3.65. The van der Waals surface area contributed by atoms with Crippen molar-refractivity contribution in [3.05, 3.63) is 43.9 Å². The zero-order valence-corrected chi connectivity index (χ0v) is 20.1. The zero-order valence-electron chi connectivity index (χ0n) is 15.3. The van der Waals surface area contributed by atoms with E-state index in [-0.39, 0.29) is 16.7 Å². The summed E-state index contributed by atoms with van der Waals surface area (Å²) in [5.74, 6) is -0.741. The number of piperidine rings is 1. The number of hydrogen-bond acceptors (Lipinski definition) is 5. The van der Waals surface area contributed by atoms with Crippen LogP contribution in [0.5, 0.6) is 0 Å². The summed E-state index contributed by atoms with van der Waals surface area (Å²) in [7, 11) is -1.78. The lowest BCUT2D eigenvalue weighted by molar-refractivity contribution is -0.122. The number of thiophene rings is 1. The van der Waals surface area contributed by atoms with Crippen molar-refractivity contribution in [3.63, 3.8) is 0 Å². The molecule has 29 heavy (non-hydrogen) atoms. The van der Waals surface area contributed by atoms with Gasteiger partial charge >= 0.3 is 0 Å². The summed E-state index contributed by atoms with van der Waals surface area (Å²) >= 11 is 11.9. The summed E-state index contributed by atoms with van der Waals surface area (Å²) in [4.78, 5) is 17.8. The van der Waals surface area contributed by atoms with Crippen LogP contribution in [0.2, 0.25) is 4.34 Å². The maximum absolute atomic E-state index is 12.9. The number of sulfonamides is 1. The molecule has 0 spiro atoms. The topological polar surface area (TPSA) is 71.7 Å². The molecule has 11 heteroatoms. The van der Waals surface area contributed by atoms with Crippen LogP contribution in [-0.2, 0) is 21.9 Å². The van der Waals surface area contributed by atoms with Crippen molar-refractivity contribution in [1.29, 1.82) is 0 Å². The van der Waals surface area contributed by atoms with Gasteiger partial charge in [-0.1, -0.05) is 29.0 Å². The Morgan fingerprint density at radius 3 is 2.76 bits per heavy atom. The summed E-state index contributed by atoms with van der Waals surface area (Å²) in [6, 6.07) is 8.94. The number of carbonyl (C=O) groups is 1. The first-order valence-electron chi connectivity index (χ1n) is 8.85. The second kappa shape index (κ2) is 8.24. The van der Waals surface area contributed by atoms with E-state index in [1.54, 1.807) is 6.07 Å². The molecule has 0 bridgehead atoms. The van der Waals surface area contributed by atoms with E-state index < -0.39 is 15.9 Å². The van der Waals surface area contributed by atoms with Gasteiger partial charge in [0.05, 0.1) is 20.5 Å². The van der Waals surface area contributed by atoms with Gasteiger partial charge in [-0.25, -0.2) is 8.42 Å². The van der Waals surface area contributed by atoms with Crippen LogP contribution in [0.4, 0.5) is 0 Å². The van der Waals surface area contributed by atoms with Crippen LogP contribution in [0.25, 0.3) is 10.2 Å². The van der Waals surface area contributed by atoms with E-state index in [4.69, 9.17) is 11.6 Å². The van der Waals surface area contributed by atoms with Gasteiger partial charge in [-0.05, 0) is 53.0 Å². The van der Waals surface area contributed by atoms with Crippen molar-refractivity contribution in [3.8, 4) is 0 Å². The van der Waals surface area contributed by atoms with Crippen molar-refractivity contribution < 1.29 is 13.2 Å². The van der Waals surface area contributed by atoms with E-state index in [0.717, 1.165) is 26.0 Å². The SMILES string of the molecule is Cn1c(=NC(=O)C2CCCN(S(=O)(=O)c3ccc(Cl)s3)C2)sc2cccc(Br)c21. The van der Waals surface area contributed by atoms with Crippen molar-refractivity contribution in [2.24, 2.45) is 18.0 Å².